The number of amides is 1. The van der Waals surface area contributed by atoms with Crippen molar-refractivity contribution in [1.82, 2.24) is 15.0 Å². The van der Waals surface area contributed by atoms with Gasteiger partial charge in [0, 0.05) is 29.0 Å². The Morgan fingerprint density at radius 3 is 2.57 bits per heavy atom. The molecule has 4 rings (SSSR count). The van der Waals surface area contributed by atoms with Gasteiger partial charge in [-0.2, -0.15) is 4.98 Å². The second-order valence-electron chi connectivity index (χ2n) is 5.68. The Morgan fingerprint density at radius 1 is 1.19 bits per heavy atom. The molecule has 2 aliphatic rings. The number of halogens is 1. The van der Waals surface area contributed by atoms with Crippen LogP contribution in [0.4, 0.5) is 0 Å². The molecule has 6 heteroatoms. The van der Waals surface area contributed by atoms with Gasteiger partial charge in [0.05, 0.1) is 5.92 Å². The standard InChI is InChI=1S/C15H14BrN3O2/c16-12-5-3-10(4-6-12)15(20)19-7-11(8-19)14-17-13(18-21-14)9-1-2-9/h3-6,9,11H,1-2,7-8H2. The van der Waals surface area contributed by atoms with E-state index in [4.69, 9.17) is 4.52 Å². The second-order valence-corrected chi connectivity index (χ2v) is 6.59. The largest absolute Gasteiger partial charge is 0.339 e. The van der Waals surface area contributed by atoms with Crippen molar-refractivity contribution in [3.63, 3.8) is 0 Å². The maximum atomic E-state index is 12.3. The highest BCUT2D eigenvalue weighted by molar-refractivity contribution is 9.10. The number of carbonyl (C=O) groups excluding carboxylic acids is 1. The summed E-state index contributed by atoms with van der Waals surface area (Å²) in [7, 11) is 0. The van der Waals surface area contributed by atoms with Crippen LogP contribution in [-0.4, -0.2) is 34.0 Å². The Balaban J connectivity index is 1.39. The third-order valence-electron chi connectivity index (χ3n) is 4.01. The van der Waals surface area contributed by atoms with Crippen LogP contribution >= 0.6 is 15.9 Å². The lowest BCUT2D eigenvalue weighted by molar-refractivity contribution is 0.0569. The minimum absolute atomic E-state index is 0.0562. The number of nitrogens with zero attached hydrogens (tertiary/aromatic N) is 3. The van der Waals surface area contributed by atoms with Crippen LogP contribution < -0.4 is 0 Å². The minimum atomic E-state index is 0.0562. The highest BCUT2D eigenvalue weighted by atomic mass is 79.9. The molecule has 2 aromatic rings. The first-order chi connectivity index (χ1) is 10.2. The van der Waals surface area contributed by atoms with Crippen molar-refractivity contribution in [1.29, 1.82) is 0 Å². The van der Waals surface area contributed by atoms with Crippen LogP contribution in [0, 0.1) is 0 Å². The summed E-state index contributed by atoms with van der Waals surface area (Å²) in [5.41, 5.74) is 0.709. The second kappa shape index (κ2) is 4.94. The molecule has 1 aromatic heterocycles. The molecule has 1 aliphatic carbocycles. The Labute approximate surface area is 130 Å². The molecule has 0 unspecified atom stereocenters. The monoisotopic (exact) mass is 347 g/mol. The van der Waals surface area contributed by atoms with E-state index in [0.717, 1.165) is 23.1 Å². The lowest BCUT2D eigenvalue weighted by atomic mass is 9.99. The molecule has 108 valence electrons. The fourth-order valence-corrected chi connectivity index (χ4v) is 2.76. The summed E-state index contributed by atoms with van der Waals surface area (Å²) in [6.07, 6.45) is 2.33. The topological polar surface area (TPSA) is 59.2 Å². The Hall–Kier alpha value is -1.69. The van der Waals surface area contributed by atoms with Gasteiger partial charge in [-0.15, -0.1) is 0 Å². The average Bonchev–Trinajstić information content (AvgIpc) is 3.18. The minimum Gasteiger partial charge on any atom is -0.339 e. The molecule has 1 saturated heterocycles. The van der Waals surface area contributed by atoms with Gasteiger partial charge in [0.25, 0.3) is 5.91 Å². The summed E-state index contributed by atoms with van der Waals surface area (Å²) < 4.78 is 6.29. The van der Waals surface area contributed by atoms with Crippen molar-refractivity contribution in [2.45, 2.75) is 24.7 Å². The number of likely N-dealkylation sites (tertiary alicyclic amines) is 1. The highest BCUT2D eigenvalue weighted by Crippen LogP contribution is 2.39. The van der Waals surface area contributed by atoms with Crippen LogP contribution in [0.5, 0.6) is 0 Å². The number of aromatic nitrogens is 2. The Morgan fingerprint density at radius 2 is 1.90 bits per heavy atom. The number of hydrogen-bond acceptors (Lipinski definition) is 4. The van der Waals surface area contributed by atoms with Gasteiger partial charge < -0.3 is 9.42 Å². The van der Waals surface area contributed by atoms with Crippen LogP contribution in [0.1, 0.15) is 46.8 Å². The summed E-state index contributed by atoms with van der Waals surface area (Å²) in [5, 5.41) is 4.02. The number of rotatable bonds is 3. The third-order valence-corrected chi connectivity index (χ3v) is 4.54. The van der Waals surface area contributed by atoms with E-state index in [1.54, 1.807) is 0 Å². The predicted molar refractivity (Wildman–Crippen MR) is 79.1 cm³/mol. The zero-order valence-electron chi connectivity index (χ0n) is 11.3. The molecule has 0 atom stereocenters. The molecule has 0 radical (unpaired) electrons. The smallest absolute Gasteiger partial charge is 0.253 e. The number of hydrogen-bond donors (Lipinski definition) is 0. The third kappa shape index (κ3) is 2.48. The summed E-state index contributed by atoms with van der Waals surface area (Å²) in [4.78, 5) is 18.5. The molecular formula is C15H14BrN3O2. The van der Waals surface area contributed by atoms with E-state index >= 15 is 0 Å². The van der Waals surface area contributed by atoms with E-state index in [2.05, 4.69) is 26.1 Å². The van der Waals surface area contributed by atoms with Crippen molar-refractivity contribution in [2.24, 2.45) is 0 Å². The van der Waals surface area contributed by atoms with Gasteiger partial charge in [-0.1, -0.05) is 21.1 Å². The maximum Gasteiger partial charge on any atom is 0.253 e. The van der Waals surface area contributed by atoms with E-state index in [1.165, 1.54) is 0 Å². The van der Waals surface area contributed by atoms with Gasteiger partial charge in [-0.3, -0.25) is 4.79 Å². The van der Waals surface area contributed by atoms with Crippen molar-refractivity contribution < 1.29 is 9.32 Å². The first-order valence-electron chi connectivity index (χ1n) is 7.09. The fourth-order valence-electron chi connectivity index (χ4n) is 2.50. The normalized spacial score (nSPS) is 18.6. The lowest BCUT2D eigenvalue weighted by Crippen LogP contribution is -2.48. The number of carbonyl (C=O) groups is 1. The predicted octanol–water partition coefficient (Wildman–Crippen LogP) is 2.95. The zero-order chi connectivity index (χ0) is 14.4. The van der Waals surface area contributed by atoms with E-state index in [-0.39, 0.29) is 11.8 Å². The maximum absolute atomic E-state index is 12.3. The molecule has 5 nitrogen and oxygen atoms in total. The Kier molecular flexibility index (Phi) is 3.06. The highest BCUT2D eigenvalue weighted by Gasteiger charge is 2.37. The zero-order valence-corrected chi connectivity index (χ0v) is 12.9. The van der Waals surface area contributed by atoms with Crippen molar-refractivity contribution >= 4 is 21.8 Å². The van der Waals surface area contributed by atoms with Crippen LogP contribution in [0.2, 0.25) is 0 Å². The molecule has 1 aliphatic heterocycles. The fraction of sp³-hybridized carbons (Fsp3) is 0.400. The molecule has 0 bridgehead atoms. The van der Waals surface area contributed by atoms with E-state index in [9.17, 15) is 4.79 Å². The summed E-state index contributed by atoms with van der Waals surface area (Å²) in [6.45, 7) is 1.31. The number of benzene rings is 1. The molecule has 1 saturated carbocycles. The summed E-state index contributed by atoms with van der Waals surface area (Å²) in [6, 6.07) is 7.42. The molecule has 21 heavy (non-hydrogen) atoms. The van der Waals surface area contributed by atoms with Gasteiger partial charge in [0.1, 0.15) is 0 Å². The first-order valence-corrected chi connectivity index (χ1v) is 7.88. The van der Waals surface area contributed by atoms with Gasteiger partial charge in [0.15, 0.2) is 5.82 Å². The van der Waals surface area contributed by atoms with E-state index in [1.807, 2.05) is 29.2 Å². The summed E-state index contributed by atoms with van der Waals surface area (Å²) in [5.74, 6) is 2.26. The first kappa shape index (κ1) is 13.0. The van der Waals surface area contributed by atoms with E-state index < -0.39 is 0 Å². The van der Waals surface area contributed by atoms with Crippen molar-refractivity contribution in [3.8, 4) is 0 Å². The van der Waals surface area contributed by atoms with Crippen LogP contribution in [0.3, 0.4) is 0 Å². The van der Waals surface area contributed by atoms with Crippen LogP contribution in [-0.2, 0) is 0 Å². The Bertz CT molecular complexity index is 672. The molecule has 0 N–H and O–H groups in total. The molecule has 2 heterocycles. The van der Waals surface area contributed by atoms with E-state index in [0.29, 0.717) is 30.5 Å². The van der Waals surface area contributed by atoms with Crippen molar-refractivity contribution in [3.05, 3.63) is 46.0 Å². The van der Waals surface area contributed by atoms with Gasteiger partial charge >= 0.3 is 0 Å². The van der Waals surface area contributed by atoms with Gasteiger partial charge in [0.2, 0.25) is 5.89 Å². The lowest BCUT2D eigenvalue weighted by Gasteiger charge is -2.37. The SMILES string of the molecule is O=C(c1ccc(Br)cc1)N1CC(c2nc(C3CC3)no2)C1. The van der Waals surface area contributed by atoms with Gasteiger partial charge in [-0.05, 0) is 37.1 Å². The molecule has 1 amide bonds. The molecular weight excluding hydrogens is 334 g/mol. The van der Waals surface area contributed by atoms with Crippen molar-refractivity contribution in [2.75, 3.05) is 13.1 Å². The van der Waals surface area contributed by atoms with Gasteiger partial charge in [-0.25, -0.2) is 0 Å². The summed E-state index contributed by atoms with van der Waals surface area (Å²) >= 11 is 3.37. The molecule has 1 aromatic carbocycles. The molecule has 2 fully saturated rings. The molecule has 0 spiro atoms. The average molecular weight is 348 g/mol. The van der Waals surface area contributed by atoms with Crippen LogP contribution in [0.15, 0.2) is 33.3 Å². The van der Waals surface area contributed by atoms with Crippen LogP contribution in [0.25, 0.3) is 0 Å². The quantitative estimate of drug-likeness (QED) is 0.856.